The average molecular weight is 343 g/mol. The monoisotopic (exact) mass is 343 g/mol. The molecular weight excluding hydrogens is 326 g/mol. The maximum atomic E-state index is 5.12. The minimum absolute atomic E-state index is 0.292. The summed E-state index contributed by atoms with van der Waals surface area (Å²) in [5.74, 6) is 0.292. The normalized spacial score (nSPS) is 16.2. The van der Waals surface area contributed by atoms with Gasteiger partial charge < -0.3 is 0 Å². The zero-order valence-corrected chi connectivity index (χ0v) is 14.8. The van der Waals surface area contributed by atoms with Crippen molar-refractivity contribution in [3.05, 3.63) is 107 Å². The Balaban J connectivity index is 1.64. The molecule has 4 aromatic rings. The number of hydrogen-bond acceptors (Lipinski definition) is 1. The summed E-state index contributed by atoms with van der Waals surface area (Å²) >= 11 is 0. The molecule has 0 saturated carbocycles. The Morgan fingerprint density at radius 1 is 0.704 bits per heavy atom. The molecule has 0 bridgehead atoms. The Bertz CT molecular complexity index is 1360. The van der Waals surface area contributed by atoms with Crippen molar-refractivity contribution in [1.82, 2.24) is 0 Å². The summed E-state index contributed by atoms with van der Waals surface area (Å²) in [6.45, 7) is 0. The molecule has 1 aliphatic carbocycles. The Morgan fingerprint density at radius 2 is 1.52 bits per heavy atom. The predicted molar refractivity (Wildman–Crippen MR) is 113 cm³/mol. The largest absolute Gasteiger partial charge is 0.246 e. The summed E-state index contributed by atoms with van der Waals surface area (Å²) in [5.41, 5.74) is 6.16. The van der Waals surface area contributed by atoms with E-state index in [0.717, 1.165) is 11.0 Å². The van der Waals surface area contributed by atoms with Crippen LogP contribution in [0.1, 0.15) is 17.0 Å². The molecule has 0 fully saturated rings. The van der Waals surface area contributed by atoms with Gasteiger partial charge in [-0.3, -0.25) is 0 Å². The number of fused-ring (bicyclic) bond motifs is 7. The zero-order chi connectivity index (χ0) is 17.8. The van der Waals surface area contributed by atoms with Gasteiger partial charge in [0.2, 0.25) is 0 Å². The Hall–Kier alpha value is -3.45. The minimum Gasteiger partial charge on any atom is -0.246 e. The van der Waals surface area contributed by atoms with Crippen molar-refractivity contribution in [1.29, 1.82) is 0 Å². The van der Waals surface area contributed by atoms with Gasteiger partial charge in [-0.15, -0.1) is 0 Å². The van der Waals surface area contributed by atoms with Crippen LogP contribution in [0.2, 0.25) is 0 Å². The van der Waals surface area contributed by atoms with Gasteiger partial charge in [0.1, 0.15) is 0 Å². The van der Waals surface area contributed by atoms with Crippen LogP contribution in [0.15, 0.2) is 89.9 Å². The highest BCUT2D eigenvalue weighted by molar-refractivity contribution is 6.01. The van der Waals surface area contributed by atoms with Crippen molar-refractivity contribution in [3.63, 3.8) is 0 Å². The lowest BCUT2D eigenvalue weighted by Crippen LogP contribution is -2.30. The molecule has 1 aliphatic heterocycles. The van der Waals surface area contributed by atoms with E-state index in [1.807, 2.05) is 0 Å². The molecule has 6 rings (SSSR count). The third-order valence-corrected chi connectivity index (χ3v) is 5.68. The van der Waals surface area contributed by atoms with E-state index in [1.165, 1.54) is 38.2 Å². The van der Waals surface area contributed by atoms with Crippen LogP contribution in [0.25, 0.3) is 34.1 Å². The summed E-state index contributed by atoms with van der Waals surface area (Å²) in [6.07, 6.45) is 6.88. The summed E-state index contributed by atoms with van der Waals surface area (Å²) in [7, 11) is 0. The van der Waals surface area contributed by atoms with Gasteiger partial charge in [0, 0.05) is 27.6 Å². The van der Waals surface area contributed by atoms with Crippen molar-refractivity contribution in [3.8, 4) is 11.1 Å². The standard InChI is InChI=1S/C26H17N/c1-2-6-17(7-3-1)20-11-10-19-13-15-23-22-14-12-18-8-4-5-9-21(18)25(22)27-26(23)24(19)16-20/h1-16,20H. The minimum atomic E-state index is 0.292. The van der Waals surface area contributed by atoms with E-state index in [4.69, 9.17) is 4.99 Å². The topological polar surface area (TPSA) is 12.4 Å². The van der Waals surface area contributed by atoms with Crippen LogP contribution < -0.4 is 10.6 Å². The van der Waals surface area contributed by atoms with Crippen LogP contribution in [0.5, 0.6) is 0 Å². The molecule has 27 heavy (non-hydrogen) atoms. The van der Waals surface area contributed by atoms with Crippen LogP contribution in [0.4, 0.5) is 5.69 Å². The van der Waals surface area contributed by atoms with E-state index in [1.54, 1.807) is 0 Å². The van der Waals surface area contributed by atoms with Gasteiger partial charge in [0.15, 0.2) is 0 Å². The van der Waals surface area contributed by atoms with Gasteiger partial charge in [0.25, 0.3) is 0 Å². The number of benzene rings is 4. The molecule has 2 aliphatic rings. The highest BCUT2D eigenvalue weighted by Crippen LogP contribution is 2.38. The lowest BCUT2D eigenvalue weighted by molar-refractivity contribution is 1.12. The second-order valence-corrected chi connectivity index (χ2v) is 7.22. The molecule has 1 heterocycles. The van der Waals surface area contributed by atoms with Crippen LogP contribution in [-0.2, 0) is 0 Å². The molecule has 0 radical (unpaired) electrons. The first-order chi connectivity index (χ1) is 13.4. The fourth-order valence-corrected chi connectivity index (χ4v) is 4.31. The Kier molecular flexibility index (Phi) is 3.00. The molecule has 126 valence electrons. The van der Waals surface area contributed by atoms with Crippen molar-refractivity contribution in [2.24, 2.45) is 4.99 Å². The van der Waals surface area contributed by atoms with E-state index in [2.05, 4.69) is 97.1 Å². The number of rotatable bonds is 1. The first-order valence-corrected chi connectivity index (χ1v) is 9.37. The number of allylic oxidation sites excluding steroid dienone is 1. The van der Waals surface area contributed by atoms with Gasteiger partial charge in [-0.2, -0.15) is 0 Å². The van der Waals surface area contributed by atoms with E-state index < -0.39 is 0 Å². The summed E-state index contributed by atoms with van der Waals surface area (Å²) in [6, 6.07) is 28.0. The summed E-state index contributed by atoms with van der Waals surface area (Å²) in [5, 5.41) is 4.84. The van der Waals surface area contributed by atoms with Gasteiger partial charge in [0.05, 0.1) is 11.0 Å². The first kappa shape index (κ1) is 14.7. The van der Waals surface area contributed by atoms with Gasteiger partial charge in [-0.05, 0) is 16.5 Å². The number of hydrogen-bond donors (Lipinski definition) is 0. The van der Waals surface area contributed by atoms with E-state index >= 15 is 0 Å². The van der Waals surface area contributed by atoms with Crippen LogP contribution in [0.3, 0.4) is 0 Å². The molecule has 0 spiro atoms. The van der Waals surface area contributed by atoms with Gasteiger partial charge in [-0.25, -0.2) is 4.99 Å². The second-order valence-electron chi connectivity index (χ2n) is 7.22. The van der Waals surface area contributed by atoms with Gasteiger partial charge in [-0.1, -0.05) is 97.1 Å². The van der Waals surface area contributed by atoms with E-state index in [0.29, 0.717) is 5.92 Å². The lowest BCUT2D eigenvalue weighted by atomic mass is 9.90. The molecule has 1 atom stereocenters. The van der Waals surface area contributed by atoms with Crippen molar-refractivity contribution < 1.29 is 0 Å². The maximum absolute atomic E-state index is 5.12. The smallest absolute Gasteiger partial charge is 0.0794 e. The Labute approximate surface area is 157 Å². The molecular formula is C26H17N. The predicted octanol–water partition coefficient (Wildman–Crippen LogP) is 5.36. The highest BCUT2D eigenvalue weighted by Gasteiger charge is 2.19. The van der Waals surface area contributed by atoms with Crippen LogP contribution in [0, 0.1) is 0 Å². The SMILES string of the molecule is C1=CC(c2ccccc2)C=c2c1ccc1c2=Nc2c-1ccc1ccccc21. The summed E-state index contributed by atoms with van der Waals surface area (Å²) in [4.78, 5) is 5.12. The molecule has 0 aromatic heterocycles. The molecule has 0 amide bonds. The molecule has 1 unspecified atom stereocenters. The lowest BCUT2D eigenvalue weighted by Gasteiger charge is -2.13. The van der Waals surface area contributed by atoms with Crippen molar-refractivity contribution in [2.75, 3.05) is 0 Å². The maximum Gasteiger partial charge on any atom is 0.0794 e. The molecule has 0 saturated heterocycles. The molecule has 4 aromatic carbocycles. The molecule has 1 heteroatoms. The molecule has 0 N–H and O–H groups in total. The first-order valence-electron chi connectivity index (χ1n) is 9.37. The van der Waals surface area contributed by atoms with Crippen LogP contribution in [-0.4, -0.2) is 0 Å². The van der Waals surface area contributed by atoms with Crippen LogP contribution >= 0.6 is 0 Å². The van der Waals surface area contributed by atoms with E-state index in [-0.39, 0.29) is 0 Å². The highest BCUT2D eigenvalue weighted by atomic mass is 14.8. The van der Waals surface area contributed by atoms with Crippen molar-refractivity contribution in [2.45, 2.75) is 5.92 Å². The van der Waals surface area contributed by atoms with Crippen molar-refractivity contribution >= 4 is 28.6 Å². The fourth-order valence-electron chi connectivity index (χ4n) is 4.31. The molecule has 1 nitrogen and oxygen atoms in total. The van der Waals surface area contributed by atoms with E-state index in [9.17, 15) is 0 Å². The number of nitrogens with zero attached hydrogens (tertiary/aromatic N) is 1. The average Bonchev–Trinajstić information content (AvgIpc) is 3.14. The fraction of sp³-hybridized carbons (Fsp3) is 0.0385. The third-order valence-electron chi connectivity index (χ3n) is 5.68. The third kappa shape index (κ3) is 2.15. The summed E-state index contributed by atoms with van der Waals surface area (Å²) < 4.78 is 0. The quantitative estimate of drug-likeness (QED) is 0.388. The zero-order valence-electron chi connectivity index (χ0n) is 14.8. The Morgan fingerprint density at radius 3 is 2.44 bits per heavy atom. The second kappa shape index (κ2) is 5.52. The van der Waals surface area contributed by atoms with Gasteiger partial charge >= 0.3 is 0 Å².